The Morgan fingerprint density at radius 3 is 2.21 bits per heavy atom. The van der Waals surface area contributed by atoms with E-state index in [2.05, 4.69) is 15.4 Å². The number of carbonyl (C=O) groups excluding carboxylic acids is 3. The number of para-hydroxylation sites is 1. The molecule has 166 valence electrons. The van der Waals surface area contributed by atoms with Gasteiger partial charge in [-0.25, -0.2) is 14.6 Å². The second-order valence-electron chi connectivity index (χ2n) is 7.21. The third kappa shape index (κ3) is 4.42. The van der Waals surface area contributed by atoms with Crippen molar-refractivity contribution >= 4 is 34.4 Å². The number of methoxy groups -OCH3 is 2. The van der Waals surface area contributed by atoms with E-state index in [1.54, 1.807) is 36.3 Å². The number of ether oxygens (including phenoxy) is 2. The van der Waals surface area contributed by atoms with Crippen LogP contribution in [0.2, 0.25) is 0 Å². The SMILES string of the molecule is COC(=O)c1cc(NC(=O)c2cc(-c3cnn(C)c3)nc3ccccc23)cc(C(=O)OC)c1. The Morgan fingerprint density at radius 1 is 0.939 bits per heavy atom. The molecule has 0 saturated carbocycles. The Labute approximate surface area is 189 Å². The van der Waals surface area contributed by atoms with Crippen molar-refractivity contribution < 1.29 is 23.9 Å². The van der Waals surface area contributed by atoms with Crippen molar-refractivity contribution in [3.63, 3.8) is 0 Å². The van der Waals surface area contributed by atoms with Crippen molar-refractivity contribution in [3.05, 3.63) is 77.6 Å². The fourth-order valence-electron chi connectivity index (χ4n) is 3.43. The summed E-state index contributed by atoms with van der Waals surface area (Å²) >= 11 is 0. The number of pyridine rings is 1. The van der Waals surface area contributed by atoms with Crippen LogP contribution >= 0.6 is 0 Å². The molecule has 0 aliphatic rings. The zero-order valence-corrected chi connectivity index (χ0v) is 18.2. The number of aryl methyl sites for hydroxylation is 1. The van der Waals surface area contributed by atoms with Crippen LogP contribution in [0.1, 0.15) is 31.1 Å². The predicted molar refractivity (Wildman–Crippen MR) is 121 cm³/mol. The second kappa shape index (κ2) is 8.91. The van der Waals surface area contributed by atoms with E-state index < -0.39 is 17.8 Å². The highest BCUT2D eigenvalue weighted by atomic mass is 16.5. The number of nitrogens with one attached hydrogen (secondary N) is 1. The smallest absolute Gasteiger partial charge is 0.337 e. The molecule has 0 radical (unpaired) electrons. The largest absolute Gasteiger partial charge is 0.465 e. The lowest BCUT2D eigenvalue weighted by Gasteiger charge is -2.12. The molecule has 2 aromatic heterocycles. The van der Waals surface area contributed by atoms with Crippen LogP contribution in [-0.2, 0) is 16.5 Å². The fourth-order valence-corrected chi connectivity index (χ4v) is 3.43. The van der Waals surface area contributed by atoms with E-state index in [0.717, 1.165) is 5.56 Å². The standard InChI is InChI=1S/C24H20N4O5/c1-28-13-16(12-25-28)21-11-19(18-6-4-5-7-20(18)27-21)22(29)26-17-9-14(23(30)32-2)8-15(10-17)24(31)33-3/h4-13H,1-3H3,(H,26,29). The first-order valence-corrected chi connectivity index (χ1v) is 9.91. The van der Waals surface area contributed by atoms with Crippen LogP contribution in [0.5, 0.6) is 0 Å². The number of anilines is 1. The van der Waals surface area contributed by atoms with Crippen molar-refractivity contribution in [2.45, 2.75) is 0 Å². The molecular weight excluding hydrogens is 424 g/mol. The number of nitrogens with zero attached hydrogens (tertiary/aromatic N) is 3. The average Bonchev–Trinajstić information content (AvgIpc) is 3.28. The summed E-state index contributed by atoms with van der Waals surface area (Å²) in [7, 11) is 4.26. The number of rotatable bonds is 5. The summed E-state index contributed by atoms with van der Waals surface area (Å²) in [4.78, 5) is 42.1. The Kier molecular flexibility index (Phi) is 5.86. The minimum atomic E-state index is -0.649. The van der Waals surface area contributed by atoms with Gasteiger partial charge in [-0.05, 0) is 30.3 Å². The molecule has 4 rings (SSSR count). The molecule has 4 aromatic rings. The maximum Gasteiger partial charge on any atom is 0.337 e. The molecule has 0 aliphatic heterocycles. The number of esters is 2. The first-order valence-electron chi connectivity index (χ1n) is 9.91. The van der Waals surface area contributed by atoms with Crippen LogP contribution < -0.4 is 5.32 Å². The average molecular weight is 444 g/mol. The van der Waals surface area contributed by atoms with Gasteiger partial charge in [-0.15, -0.1) is 0 Å². The van der Waals surface area contributed by atoms with Gasteiger partial charge in [-0.2, -0.15) is 5.10 Å². The Hall–Kier alpha value is -4.53. The quantitative estimate of drug-likeness (QED) is 0.469. The molecule has 0 spiro atoms. The van der Waals surface area contributed by atoms with Crippen LogP contribution in [0, 0.1) is 0 Å². The molecule has 9 heteroatoms. The molecule has 0 bridgehead atoms. The zero-order chi connectivity index (χ0) is 23.5. The van der Waals surface area contributed by atoms with Gasteiger partial charge in [0.2, 0.25) is 0 Å². The van der Waals surface area contributed by atoms with E-state index in [1.165, 1.54) is 32.4 Å². The van der Waals surface area contributed by atoms with Gasteiger partial charge in [0.15, 0.2) is 0 Å². The van der Waals surface area contributed by atoms with Crippen LogP contribution in [0.3, 0.4) is 0 Å². The Balaban J connectivity index is 1.78. The molecule has 0 fully saturated rings. The van der Waals surface area contributed by atoms with Gasteiger partial charge in [0, 0.05) is 29.9 Å². The zero-order valence-electron chi connectivity index (χ0n) is 18.2. The van der Waals surface area contributed by atoms with Crippen molar-refractivity contribution in [2.75, 3.05) is 19.5 Å². The summed E-state index contributed by atoms with van der Waals surface area (Å²) in [6.45, 7) is 0. The van der Waals surface area contributed by atoms with E-state index >= 15 is 0 Å². The van der Waals surface area contributed by atoms with Crippen LogP contribution in [0.15, 0.2) is 60.9 Å². The number of fused-ring (bicyclic) bond motifs is 1. The Bertz CT molecular complexity index is 1360. The molecule has 33 heavy (non-hydrogen) atoms. The number of carbonyl (C=O) groups is 3. The molecule has 2 heterocycles. The summed E-state index contributed by atoms with van der Waals surface area (Å²) in [6, 6.07) is 13.2. The van der Waals surface area contributed by atoms with Crippen LogP contribution in [0.4, 0.5) is 5.69 Å². The molecular formula is C24H20N4O5. The van der Waals surface area contributed by atoms with Crippen molar-refractivity contribution in [2.24, 2.45) is 7.05 Å². The summed E-state index contributed by atoms with van der Waals surface area (Å²) in [5.74, 6) is -1.73. The Morgan fingerprint density at radius 2 is 1.61 bits per heavy atom. The van der Waals surface area contributed by atoms with Gasteiger partial charge in [-0.1, -0.05) is 18.2 Å². The monoisotopic (exact) mass is 444 g/mol. The first-order chi connectivity index (χ1) is 15.9. The van der Waals surface area contributed by atoms with Crippen molar-refractivity contribution in [1.82, 2.24) is 14.8 Å². The van der Waals surface area contributed by atoms with Gasteiger partial charge in [0.05, 0.1) is 48.3 Å². The van der Waals surface area contributed by atoms with Gasteiger partial charge < -0.3 is 14.8 Å². The number of hydrogen-bond donors (Lipinski definition) is 1. The predicted octanol–water partition coefficient (Wildman–Crippen LogP) is 3.46. The molecule has 9 nitrogen and oxygen atoms in total. The molecule has 0 unspecified atom stereocenters. The van der Waals surface area contributed by atoms with E-state index in [4.69, 9.17) is 9.47 Å². The van der Waals surface area contributed by atoms with E-state index in [-0.39, 0.29) is 16.8 Å². The number of hydrogen-bond acceptors (Lipinski definition) is 7. The lowest BCUT2D eigenvalue weighted by molar-refractivity contribution is 0.0599. The molecule has 1 amide bonds. The number of aromatic nitrogens is 3. The summed E-state index contributed by atoms with van der Waals surface area (Å²) in [5.41, 5.74) is 2.82. The maximum absolute atomic E-state index is 13.3. The summed E-state index contributed by atoms with van der Waals surface area (Å²) < 4.78 is 11.2. The van der Waals surface area contributed by atoms with E-state index in [1.807, 2.05) is 18.2 Å². The molecule has 1 N–H and O–H groups in total. The van der Waals surface area contributed by atoms with E-state index in [0.29, 0.717) is 22.2 Å². The van der Waals surface area contributed by atoms with Crippen LogP contribution in [0.25, 0.3) is 22.2 Å². The van der Waals surface area contributed by atoms with Gasteiger partial charge in [0.1, 0.15) is 0 Å². The highest BCUT2D eigenvalue weighted by Crippen LogP contribution is 2.26. The third-order valence-electron chi connectivity index (χ3n) is 4.99. The third-order valence-corrected chi connectivity index (χ3v) is 4.99. The first kappa shape index (κ1) is 21.7. The second-order valence-corrected chi connectivity index (χ2v) is 7.21. The maximum atomic E-state index is 13.3. The van der Waals surface area contributed by atoms with Gasteiger partial charge in [0.25, 0.3) is 5.91 Å². The van der Waals surface area contributed by atoms with E-state index in [9.17, 15) is 14.4 Å². The van der Waals surface area contributed by atoms with Gasteiger partial charge in [-0.3, -0.25) is 9.48 Å². The summed E-state index contributed by atoms with van der Waals surface area (Å²) in [5, 5.41) is 7.60. The molecule has 0 saturated heterocycles. The highest BCUT2D eigenvalue weighted by Gasteiger charge is 2.18. The van der Waals surface area contributed by atoms with Crippen molar-refractivity contribution in [3.8, 4) is 11.3 Å². The normalized spacial score (nSPS) is 10.6. The topological polar surface area (TPSA) is 112 Å². The lowest BCUT2D eigenvalue weighted by atomic mass is 10.0. The molecule has 0 aliphatic carbocycles. The highest BCUT2D eigenvalue weighted by molar-refractivity contribution is 6.13. The number of benzene rings is 2. The number of amides is 1. The summed E-state index contributed by atoms with van der Waals surface area (Å²) in [6.07, 6.45) is 3.47. The fraction of sp³-hybridized carbons (Fsp3) is 0.125. The minimum absolute atomic E-state index is 0.103. The van der Waals surface area contributed by atoms with Gasteiger partial charge >= 0.3 is 11.9 Å². The lowest BCUT2D eigenvalue weighted by Crippen LogP contribution is -2.15. The van der Waals surface area contributed by atoms with Crippen molar-refractivity contribution in [1.29, 1.82) is 0 Å². The molecule has 2 aromatic carbocycles. The molecule has 0 atom stereocenters. The minimum Gasteiger partial charge on any atom is -0.465 e. The van der Waals surface area contributed by atoms with Crippen LogP contribution in [-0.4, -0.2) is 46.8 Å².